The van der Waals surface area contributed by atoms with Gasteiger partial charge in [0, 0.05) is 12.4 Å². The van der Waals surface area contributed by atoms with E-state index in [1.54, 1.807) is 12.3 Å². The van der Waals surface area contributed by atoms with Crippen molar-refractivity contribution in [3.63, 3.8) is 0 Å². The summed E-state index contributed by atoms with van der Waals surface area (Å²) in [6.07, 6.45) is 16.3. The number of hydrogen-bond donors (Lipinski definition) is 0. The fourth-order valence-corrected chi connectivity index (χ4v) is 1.93. The van der Waals surface area contributed by atoms with Crippen LogP contribution in [0.4, 0.5) is 0 Å². The maximum absolute atomic E-state index is 4.21. The molecule has 0 radical (unpaired) electrons. The molecule has 0 spiro atoms. The van der Waals surface area contributed by atoms with Crippen molar-refractivity contribution in [1.82, 2.24) is 0 Å². The standard InChI is InChI=1S/C19H29N/c1-6-9-10-12-18(11-7-2)13-14-19(17(4)5)16-20-15-8-3/h6,8,12,15-16H,1,3-4,7,9-11,13-14H2,2,5H3/b18-12+,19-16-,20-15?. The van der Waals surface area contributed by atoms with Crippen molar-refractivity contribution >= 4 is 6.21 Å². The zero-order valence-electron chi connectivity index (χ0n) is 13.2. The number of allylic oxidation sites excluding steroid dienone is 6. The molecule has 0 bridgehead atoms. The van der Waals surface area contributed by atoms with Crippen LogP contribution in [0.15, 0.2) is 65.9 Å². The van der Waals surface area contributed by atoms with E-state index in [2.05, 4.69) is 37.7 Å². The van der Waals surface area contributed by atoms with Crippen LogP contribution in [0.5, 0.6) is 0 Å². The topological polar surface area (TPSA) is 12.4 Å². The first-order chi connectivity index (χ1) is 9.65. The third-order valence-corrected chi connectivity index (χ3v) is 3.06. The van der Waals surface area contributed by atoms with Gasteiger partial charge in [0.15, 0.2) is 0 Å². The van der Waals surface area contributed by atoms with E-state index >= 15 is 0 Å². The number of aliphatic imine (C=N–C) groups is 1. The highest BCUT2D eigenvalue weighted by molar-refractivity contribution is 5.70. The molecule has 0 aromatic carbocycles. The molecule has 0 fully saturated rings. The fourth-order valence-electron chi connectivity index (χ4n) is 1.93. The van der Waals surface area contributed by atoms with Crippen LogP contribution in [0.25, 0.3) is 0 Å². The molecule has 0 rings (SSSR count). The van der Waals surface area contributed by atoms with Gasteiger partial charge in [0.2, 0.25) is 0 Å². The molecular formula is C19H29N. The second kappa shape index (κ2) is 12.4. The molecule has 0 amide bonds. The Morgan fingerprint density at radius 3 is 2.40 bits per heavy atom. The van der Waals surface area contributed by atoms with Crippen LogP contribution in [0.2, 0.25) is 0 Å². The normalized spacial score (nSPS) is 12.7. The van der Waals surface area contributed by atoms with Crippen molar-refractivity contribution in [2.24, 2.45) is 4.99 Å². The van der Waals surface area contributed by atoms with Crippen molar-refractivity contribution in [2.75, 3.05) is 0 Å². The minimum Gasteiger partial charge on any atom is -0.264 e. The molecule has 0 aliphatic rings. The first kappa shape index (κ1) is 18.4. The predicted octanol–water partition coefficient (Wildman–Crippen LogP) is 6.18. The zero-order valence-corrected chi connectivity index (χ0v) is 13.2. The Balaban J connectivity index is 4.61. The van der Waals surface area contributed by atoms with E-state index in [0.29, 0.717) is 0 Å². The lowest BCUT2D eigenvalue weighted by Crippen LogP contribution is -1.90. The summed E-state index contributed by atoms with van der Waals surface area (Å²) in [4.78, 5) is 4.21. The third-order valence-electron chi connectivity index (χ3n) is 3.06. The number of unbranched alkanes of at least 4 members (excludes halogenated alkanes) is 1. The fraction of sp³-hybridized carbons (Fsp3) is 0.421. The molecule has 1 nitrogen and oxygen atoms in total. The van der Waals surface area contributed by atoms with Crippen LogP contribution in [-0.2, 0) is 0 Å². The van der Waals surface area contributed by atoms with Gasteiger partial charge in [-0.1, -0.05) is 55.9 Å². The minimum absolute atomic E-state index is 1.00. The SMILES string of the molecule is C=CC=N/C=C(/CC/C(=C/CCC=C)CCC)C(=C)C. The molecule has 0 saturated carbocycles. The average molecular weight is 271 g/mol. The molecule has 0 aromatic rings. The lowest BCUT2D eigenvalue weighted by Gasteiger charge is -2.09. The second-order valence-corrected chi connectivity index (χ2v) is 4.95. The van der Waals surface area contributed by atoms with Gasteiger partial charge in [0.05, 0.1) is 0 Å². The highest BCUT2D eigenvalue weighted by atomic mass is 14.7. The Labute approximate surface area is 125 Å². The van der Waals surface area contributed by atoms with Gasteiger partial charge in [-0.3, -0.25) is 4.99 Å². The lowest BCUT2D eigenvalue weighted by atomic mass is 9.97. The highest BCUT2D eigenvalue weighted by Crippen LogP contribution is 2.21. The molecule has 0 unspecified atom stereocenters. The van der Waals surface area contributed by atoms with Crippen LogP contribution >= 0.6 is 0 Å². The smallest absolute Gasteiger partial charge is 0.0302 e. The number of nitrogens with zero attached hydrogens (tertiary/aromatic N) is 1. The summed E-state index contributed by atoms with van der Waals surface area (Å²) in [6.45, 7) is 15.7. The van der Waals surface area contributed by atoms with Crippen LogP contribution in [0.1, 0.15) is 52.4 Å². The van der Waals surface area contributed by atoms with Crippen LogP contribution in [-0.4, -0.2) is 6.21 Å². The Kier molecular flexibility index (Phi) is 11.4. The Hall–Kier alpha value is -1.63. The lowest BCUT2D eigenvalue weighted by molar-refractivity contribution is 0.803. The molecule has 0 aliphatic carbocycles. The van der Waals surface area contributed by atoms with E-state index in [4.69, 9.17) is 0 Å². The average Bonchev–Trinajstić information content (AvgIpc) is 2.42. The van der Waals surface area contributed by atoms with Gasteiger partial charge >= 0.3 is 0 Å². The van der Waals surface area contributed by atoms with Crippen molar-refractivity contribution < 1.29 is 0 Å². The van der Waals surface area contributed by atoms with E-state index in [0.717, 1.165) is 31.3 Å². The third kappa shape index (κ3) is 9.32. The molecular weight excluding hydrogens is 242 g/mol. The van der Waals surface area contributed by atoms with Gasteiger partial charge in [-0.05, 0) is 44.6 Å². The van der Waals surface area contributed by atoms with Crippen molar-refractivity contribution in [3.05, 3.63) is 60.9 Å². The number of hydrogen-bond acceptors (Lipinski definition) is 1. The van der Waals surface area contributed by atoms with Crippen LogP contribution in [0, 0.1) is 0 Å². The summed E-state index contributed by atoms with van der Waals surface area (Å²) in [5.74, 6) is 0. The summed E-state index contributed by atoms with van der Waals surface area (Å²) < 4.78 is 0. The molecule has 0 N–H and O–H groups in total. The molecule has 0 aromatic heterocycles. The second-order valence-electron chi connectivity index (χ2n) is 4.95. The maximum atomic E-state index is 4.21. The van der Waals surface area contributed by atoms with Gasteiger partial charge in [-0.2, -0.15) is 0 Å². The van der Waals surface area contributed by atoms with Crippen molar-refractivity contribution in [3.8, 4) is 0 Å². The molecule has 0 atom stereocenters. The van der Waals surface area contributed by atoms with Crippen molar-refractivity contribution in [2.45, 2.75) is 52.4 Å². The molecule has 0 saturated heterocycles. The van der Waals surface area contributed by atoms with Gasteiger partial charge in [0.25, 0.3) is 0 Å². The van der Waals surface area contributed by atoms with Crippen LogP contribution < -0.4 is 0 Å². The molecule has 110 valence electrons. The predicted molar refractivity (Wildman–Crippen MR) is 93.2 cm³/mol. The summed E-state index contributed by atoms with van der Waals surface area (Å²) >= 11 is 0. The van der Waals surface area contributed by atoms with Gasteiger partial charge in [-0.15, -0.1) is 6.58 Å². The Bertz CT molecular complexity index is 394. The van der Waals surface area contributed by atoms with E-state index in [-0.39, 0.29) is 0 Å². The Morgan fingerprint density at radius 2 is 1.85 bits per heavy atom. The van der Waals surface area contributed by atoms with E-state index in [9.17, 15) is 0 Å². The summed E-state index contributed by atoms with van der Waals surface area (Å²) in [5, 5.41) is 0. The summed E-state index contributed by atoms with van der Waals surface area (Å²) in [5.41, 5.74) is 3.84. The van der Waals surface area contributed by atoms with E-state index in [1.165, 1.54) is 24.0 Å². The highest BCUT2D eigenvalue weighted by Gasteiger charge is 2.02. The van der Waals surface area contributed by atoms with E-state index in [1.807, 2.05) is 19.2 Å². The molecule has 1 heteroatoms. The molecule has 20 heavy (non-hydrogen) atoms. The van der Waals surface area contributed by atoms with Crippen molar-refractivity contribution in [1.29, 1.82) is 0 Å². The molecule has 0 aliphatic heterocycles. The first-order valence-electron chi connectivity index (χ1n) is 7.43. The van der Waals surface area contributed by atoms with Gasteiger partial charge in [-0.25, -0.2) is 0 Å². The number of rotatable bonds is 11. The zero-order chi connectivity index (χ0) is 15.2. The summed E-state index contributed by atoms with van der Waals surface area (Å²) in [7, 11) is 0. The quantitative estimate of drug-likeness (QED) is 0.184. The first-order valence-corrected chi connectivity index (χ1v) is 7.43. The monoisotopic (exact) mass is 271 g/mol. The van der Waals surface area contributed by atoms with Crippen LogP contribution in [0.3, 0.4) is 0 Å². The van der Waals surface area contributed by atoms with Gasteiger partial charge < -0.3 is 0 Å². The minimum atomic E-state index is 1.00. The maximum Gasteiger partial charge on any atom is 0.0302 e. The molecule has 0 heterocycles. The van der Waals surface area contributed by atoms with E-state index < -0.39 is 0 Å². The Morgan fingerprint density at radius 1 is 1.10 bits per heavy atom. The summed E-state index contributed by atoms with van der Waals surface area (Å²) in [6, 6.07) is 0. The van der Waals surface area contributed by atoms with Gasteiger partial charge in [0.1, 0.15) is 0 Å². The largest absolute Gasteiger partial charge is 0.264 e.